The molecule has 1 aliphatic heterocycles. The Morgan fingerprint density at radius 3 is 3.00 bits per heavy atom. The fourth-order valence-electron chi connectivity index (χ4n) is 0.929. The molecular formula is C6H5N3S. The van der Waals surface area contributed by atoms with Crippen LogP contribution < -0.4 is 5.32 Å². The molecule has 0 bridgehead atoms. The number of fused-ring (bicyclic) bond motifs is 1. The van der Waals surface area contributed by atoms with E-state index in [0.29, 0.717) is 0 Å². The highest BCUT2D eigenvalue weighted by atomic mass is 32.1. The van der Waals surface area contributed by atoms with Crippen molar-refractivity contribution in [3.63, 3.8) is 0 Å². The monoisotopic (exact) mass is 151 g/mol. The highest BCUT2D eigenvalue weighted by Gasteiger charge is 2.15. The summed E-state index contributed by atoms with van der Waals surface area (Å²) in [7, 11) is 0. The predicted octanol–water partition coefficient (Wildman–Crippen LogP) is 0.772. The van der Waals surface area contributed by atoms with Gasteiger partial charge in [-0.1, -0.05) is 12.2 Å². The molecule has 1 aromatic rings. The third kappa shape index (κ3) is 0.769. The second-order valence-corrected chi connectivity index (χ2v) is 2.57. The van der Waals surface area contributed by atoms with Gasteiger partial charge in [-0.15, -0.1) is 0 Å². The number of anilines is 1. The fourth-order valence-corrected chi connectivity index (χ4v) is 1.16. The Bertz CT molecular complexity index is 257. The standard InChI is InChI=1S/C6H5N3S/c10-5-3-4-6(9-5)8-2-1-7-4/h1-2H,3H2,(H,8,9,10). The molecule has 0 unspecified atom stereocenters. The lowest BCUT2D eigenvalue weighted by atomic mass is 10.4. The van der Waals surface area contributed by atoms with Gasteiger partial charge in [0, 0.05) is 18.8 Å². The molecule has 3 nitrogen and oxygen atoms in total. The molecule has 0 saturated heterocycles. The Kier molecular flexibility index (Phi) is 1.14. The van der Waals surface area contributed by atoms with Gasteiger partial charge < -0.3 is 5.32 Å². The normalized spacial score (nSPS) is 14.6. The van der Waals surface area contributed by atoms with E-state index in [1.54, 1.807) is 12.4 Å². The van der Waals surface area contributed by atoms with Gasteiger partial charge in [0.25, 0.3) is 0 Å². The Morgan fingerprint density at radius 2 is 2.20 bits per heavy atom. The van der Waals surface area contributed by atoms with Crippen molar-refractivity contribution in [2.75, 3.05) is 5.32 Å². The maximum absolute atomic E-state index is 4.93. The summed E-state index contributed by atoms with van der Waals surface area (Å²) in [4.78, 5) is 8.95. The first kappa shape index (κ1) is 5.73. The molecule has 1 aliphatic rings. The van der Waals surface area contributed by atoms with Crippen LogP contribution >= 0.6 is 12.2 Å². The van der Waals surface area contributed by atoms with Gasteiger partial charge in [-0.25, -0.2) is 4.98 Å². The minimum Gasteiger partial charge on any atom is -0.333 e. The summed E-state index contributed by atoms with van der Waals surface area (Å²) in [5, 5.41) is 2.96. The van der Waals surface area contributed by atoms with E-state index in [4.69, 9.17) is 12.2 Å². The van der Waals surface area contributed by atoms with E-state index in [9.17, 15) is 0 Å². The lowest BCUT2D eigenvalue weighted by Crippen LogP contribution is -2.01. The maximum atomic E-state index is 4.93. The molecule has 2 heterocycles. The van der Waals surface area contributed by atoms with Gasteiger partial charge in [0.1, 0.15) is 0 Å². The number of nitrogens with zero attached hydrogens (tertiary/aromatic N) is 2. The molecule has 2 rings (SSSR count). The number of rotatable bonds is 0. The topological polar surface area (TPSA) is 37.8 Å². The quantitative estimate of drug-likeness (QED) is 0.556. The zero-order valence-electron chi connectivity index (χ0n) is 5.16. The molecule has 0 radical (unpaired) electrons. The van der Waals surface area contributed by atoms with E-state index in [-0.39, 0.29) is 0 Å². The molecule has 0 aromatic carbocycles. The third-order valence-corrected chi connectivity index (χ3v) is 1.61. The summed E-state index contributed by atoms with van der Waals surface area (Å²) in [5.41, 5.74) is 0.951. The number of thiocarbonyl (C=S) groups is 1. The second-order valence-electron chi connectivity index (χ2n) is 2.08. The molecular weight excluding hydrogens is 146 g/mol. The van der Waals surface area contributed by atoms with Gasteiger partial charge >= 0.3 is 0 Å². The second kappa shape index (κ2) is 1.98. The van der Waals surface area contributed by atoms with Crippen LogP contribution in [0.4, 0.5) is 5.82 Å². The molecule has 0 saturated carbocycles. The maximum Gasteiger partial charge on any atom is 0.152 e. The van der Waals surface area contributed by atoms with Crippen LogP contribution in [0, 0.1) is 0 Å². The summed E-state index contributed by atoms with van der Waals surface area (Å²) in [6.45, 7) is 0. The van der Waals surface area contributed by atoms with Crippen LogP contribution in [0.1, 0.15) is 5.69 Å². The first-order chi connectivity index (χ1) is 4.86. The van der Waals surface area contributed by atoms with Crippen molar-refractivity contribution in [1.29, 1.82) is 0 Å². The van der Waals surface area contributed by atoms with Crippen molar-refractivity contribution in [1.82, 2.24) is 9.97 Å². The van der Waals surface area contributed by atoms with E-state index in [1.807, 2.05) is 0 Å². The van der Waals surface area contributed by atoms with E-state index >= 15 is 0 Å². The lowest BCUT2D eigenvalue weighted by molar-refractivity contribution is 1.12. The van der Waals surface area contributed by atoms with Crippen LogP contribution in [0.15, 0.2) is 12.4 Å². The molecule has 0 aliphatic carbocycles. The molecule has 0 amide bonds. The van der Waals surface area contributed by atoms with Crippen LogP contribution in [0.5, 0.6) is 0 Å². The highest BCUT2D eigenvalue weighted by Crippen LogP contribution is 2.16. The van der Waals surface area contributed by atoms with Crippen molar-refractivity contribution < 1.29 is 0 Å². The zero-order chi connectivity index (χ0) is 6.97. The summed E-state index contributed by atoms with van der Waals surface area (Å²) < 4.78 is 0. The van der Waals surface area contributed by atoms with Crippen molar-refractivity contribution in [2.45, 2.75) is 6.42 Å². The van der Waals surface area contributed by atoms with Gasteiger partial charge in [-0.2, -0.15) is 0 Å². The van der Waals surface area contributed by atoms with Gasteiger partial charge in [-0.3, -0.25) is 4.98 Å². The van der Waals surface area contributed by atoms with E-state index < -0.39 is 0 Å². The van der Waals surface area contributed by atoms with Crippen molar-refractivity contribution >= 4 is 23.0 Å². The minimum absolute atomic E-state index is 0.735. The summed E-state index contributed by atoms with van der Waals surface area (Å²) in [5.74, 6) is 0.813. The lowest BCUT2D eigenvalue weighted by Gasteiger charge is -1.92. The van der Waals surface area contributed by atoms with E-state index in [1.165, 1.54) is 0 Å². The van der Waals surface area contributed by atoms with Crippen LogP contribution in [0.25, 0.3) is 0 Å². The van der Waals surface area contributed by atoms with Gasteiger partial charge in [0.05, 0.1) is 10.7 Å². The number of aromatic nitrogens is 2. The predicted molar refractivity (Wildman–Crippen MR) is 42.0 cm³/mol. The molecule has 10 heavy (non-hydrogen) atoms. The third-order valence-electron chi connectivity index (χ3n) is 1.36. The molecule has 50 valence electrons. The van der Waals surface area contributed by atoms with Crippen LogP contribution in [-0.2, 0) is 6.42 Å². The molecule has 0 spiro atoms. The average molecular weight is 151 g/mol. The van der Waals surface area contributed by atoms with Gasteiger partial charge in [0.2, 0.25) is 0 Å². The molecule has 0 fully saturated rings. The Morgan fingerprint density at radius 1 is 1.40 bits per heavy atom. The first-order valence-electron chi connectivity index (χ1n) is 2.96. The first-order valence-corrected chi connectivity index (χ1v) is 3.37. The number of hydrogen-bond donors (Lipinski definition) is 1. The Balaban J connectivity index is 2.51. The smallest absolute Gasteiger partial charge is 0.152 e. The summed E-state index contributed by atoms with van der Waals surface area (Å²) >= 11 is 4.93. The average Bonchev–Trinajstić information content (AvgIpc) is 2.27. The largest absolute Gasteiger partial charge is 0.333 e. The Labute approximate surface area is 63.5 Å². The van der Waals surface area contributed by atoms with Crippen molar-refractivity contribution in [3.05, 3.63) is 18.1 Å². The van der Waals surface area contributed by atoms with Crippen LogP contribution in [0.2, 0.25) is 0 Å². The van der Waals surface area contributed by atoms with Crippen molar-refractivity contribution in [2.24, 2.45) is 0 Å². The number of hydrogen-bond acceptors (Lipinski definition) is 3. The van der Waals surface area contributed by atoms with Crippen LogP contribution in [0.3, 0.4) is 0 Å². The van der Waals surface area contributed by atoms with Crippen molar-refractivity contribution in [3.8, 4) is 0 Å². The fraction of sp³-hybridized carbons (Fsp3) is 0.167. The summed E-state index contributed by atoms with van der Waals surface area (Å²) in [6.07, 6.45) is 4.06. The SMILES string of the molecule is S=C1Cc2nccnc2N1. The minimum atomic E-state index is 0.735. The molecule has 0 atom stereocenters. The summed E-state index contributed by atoms with van der Waals surface area (Å²) in [6, 6.07) is 0. The van der Waals surface area contributed by atoms with E-state index in [2.05, 4.69) is 15.3 Å². The highest BCUT2D eigenvalue weighted by molar-refractivity contribution is 7.80. The molecule has 1 N–H and O–H groups in total. The van der Waals surface area contributed by atoms with E-state index in [0.717, 1.165) is 22.9 Å². The number of nitrogens with one attached hydrogen (secondary N) is 1. The zero-order valence-corrected chi connectivity index (χ0v) is 5.98. The Hall–Kier alpha value is -1.03. The molecule has 4 heteroatoms. The van der Waals surface area contributed by atoms with Gasteiger partial charge in [-0.05, 0) is 0 Å². The van der Waals surface area contributed by atoms with Gasteiger partial charge in [0.15, 0.2) is 5.82 Å². The van der Waals surface area contributed by atoms with Crippen LogP contribution in [-0.4, -0.2) is 15.0 Å². The molecule has 1 aromatic heterocycles.